The quantitative estimate of drug-likeness (QED) is 0.860. The third kappa shape index (κ3) is 3.76. The van der Waals surface area contributed by atoms with E-state index >= 15 is 0 Å². The summed E-state index contributed by atoms with van der Waals surface area (Å²) in [5.41, 5.74) is 2.71. The van der Waals surface area contributed by atoms with Crippen molar-refractivity contribution in [2.24, 2.45) is 7.05 Å². The molecule has 0 saturated carbocycles. The van der Waals surface area contributed by atoms with Crippen LogP contribution >= 0.6 is 0 Å². The second-order valence-corrected chi connectivity index (χ2v) is 5.94. The van der Waals surface area contributed by atoms with Crippen LogP contribution in [-0.4, -0.2) is 51.1 Å². The zero-order chi connectivity index (χ0) is 16.2. The van der Waals surface area contributed by atoms with E-state index in [1.165, 1.54) is 0 Å². The number of amides is 1. The number of hydrogen-bond acceptors (Lipinski definition) is 4. The molecule has 0 aromatic carbocycles. The van der Waals surface area contributed by atoms with Crippen molar-refractivity contribution < 1.29 is 9.53 Å². The highest BCUT2D eigenvalue weighted by atomic mass is 16.5. The van der Waals surface area contributed by atoms with Gasteiger partial charge in [0, 0.05) is 37.7 Å². The van der Waals surface area contributed by atoms with Gasteiger partial charge in [-0.25, -0.2) is 9.97 Å². The predicted octanol–water partition coefficient (Wildman–Crippen LogP) is 1.60. The van der Waals surface area contributed by atoms with Gasteiger partial charge in [0.1, 0.15) is 12.0 Å². The number of nitrogens with zero attached hydrogens (tertiary/aromatic N) is 4. The number of carbonyl (C=O) groups excluding carboxylic acids is 1. The van der Waals surface area contributed by atoms with Gasteiger partial charge in [0.05, 0.1) is 12.7 Å². The molecule has 122 valence electrons. The van der Waals surface area contributed by atoms with Gasteiger partial charge < -0.3 is 14.2 Å². The van der Waals surface area contributed by atoms with Crippen LogP contribution in [0.5, 0.6) is 0 Å². The molecule has 1 unspecified atom stereocenters. The summed E-state index contributed by atoms with van der Waals surface area (Å²) in [5.74, 6) is 0.0729. The predicted molar refractivity (Wildman–Crippen MR) is 86.1 cm³/mol. The average Bonchev–Trinajstić information content (AvgIpc) is 2.99. The topological polar surface area (TPSA) is 60.2 Å². The van der Waals surface area contributed by atoms with Gasteiger partial charge in [0.15, 0.2) is 0 Å². The molecular formula is C17H22N4O2. The van der Waals surface area contributed by atoms with Crippen molar-refractivity contribution >= 4 is 5.91 Å². The zero-order valence-electron chi connectivity index (χ0n) is 13.6. The molecule has 1 atom stereocenters. The van der Waals surface area contributed by atoms with Crippen LogP contribution in [0.3, 0.4) is 0 Å². The molecule has 2 aromatic rings. The van der Waals surface area contributed by atoms with Crippen LogP contribution in [0.1, 0.15) is 28.3 Å². The van der Waals surface area contributed by atoms with E-state index < -0.39 is 0 Å². The van der Waals surface area contributed by atoms with Crippen molar-refractivity contribution in [3.8, 4) is 0 Å². The average molecular weight is 314 g/mol. The minimum Gasteiger partial charge on any atom is -0.375 e. The first-order chi connectivity index (χ1) is 11.1. The molecule has 0 N–H and O–H groups in total. The summed E-state index contributed by atoms with van der Waals surface area (Å²) in [6.07, 6.45) is 5.23. The van der Waals surface area contributed by atoms with Crippen molar-refractivity contribution in [2.75, 3.05) is 19.7 Å². The molecule has 0 aliphatic carbocycles. The lowest BCUT2D eigenvalue weighted by molar-refractivity contribution is -0.0249. The molecule has 1 fully saturated rings. The van der Waals surface area contributed by atoms with E-state index in [1.54, 1.807) is 6.33 Å². The molecule has 6 nitrogen and oxygen atoms in total. The molecule has 0 bridgehead atoms. The van der Waals surface area contributed by atoms with E-state index in [0.29, 0.717) is 19.7 Å². The van der Waals surface area contributed by atoms with Gasteiger partial charge in [-0.1, -0.05) is 0 Å². The molecule has 1 aliphatic rings. The van der Waals surface area contributed by atoms with Gasteiger partial charge >= 0.3 is 0 Å². The maximum absolute atomic E-state index is 12.6. The van der Waals surface area contributed by atoms with Crippen LogP contribution in [0.25, 0.3) is 0 Å². The molecule has 1 saturated heterocycles. The van der Waals surface area contributed by atoms with Crippen LogP contribution < -0.4 is 0 Å². The van der Waals surface area contributed by atoms with E-state index in [9.17, 15) is 4.79 Å². The molecule has 23 heavy (non-hydrogen) atoms. The van der Waals surface area contributed by atoms with Gasteiger partial charge in [-0.05, 0) is 38.0 Å². The van der Waals surface area contributed by atoms with Crippen LogP contribution in [0.4, 0.5) is 0 Å². The molecule has 2 aromatic heterocycles. The van der Waals surface area contributed by atoms with E-state index in [2.05, 4.69) is 9.97 Å². The Kier molecular flexibility index (Phi) is 4.71. The number of hydrogen-bond donors (Lipinski definition) is 0. The van der Waals surface area contributed by atoms with E-state index in [0.717, 1.165) is 29.9 Å². The maximum atomic E-state index is 12.6. The van der Waals surface area contributed by atoms with Crippen LogP contribution in [0, 0.1) is 6.92 Å². The Bertz CT molecular complexity index is 683. The maximum Gasteiger partial charge on any atom is 0.270 e. The Labute approximate surface area is 136 Å². The van der Waals surface area contributed by atoms with Crippen LogP contribution in [0.2, 0.25) is 0 Å². The van der Waals surface area contributed by atoms with Gasteiger partial charge in [-0.3, -0.25) is 4.79 Å². The highest BCUT2D eigenvalue weighted by molar-refractivity contribution is 5.92. The molecule has 0 radical (unpaired) electrons. The monoisotopic (exact) mass is 314 g/mol. The minimum atomic E-state index is 0.0586. The first-order valence-corrected chi connectivity index (χ1v) is 7.93. The van der Waals surface area contributed by atoms with Gasteiger partial charge in [-0.2, -0.15) is 0 Å². The second-order valence-electron chi connectivity index (χ2n) is 5.94. The van der Waals surface area contributed by atoms with Crippen LogP contribution in [0.15, 0.2) is 30.7 Å². The van der Waals surface area contributed by atoms with Crippen molar-refractivity contribution in [2.45, 2.75) is 25.9 Å². The van der Waals surface area contributed by atoms with Crippen molar-refractivity contribution in [1.82, 2.24) is 19.4 Å². The molecule has 1 amide bonds. The summed E-state index contributed by atoms with van der Waals surface area (Å²) in [7, 11) is 1.89. The lowest BCUT2D eigenvalue weighted by Gasteiger charge is -2.33. The standard InChI is InChI=1S/C17H22N4O2/c1-13-10-14(19-12-18-13)5-6-15-11-21(8-9-23-15)17(22)16-4-3-7-20(16)2/h3-4,7,10,12,15H,5-6,8-9,11H2,1-2H3. The van der Waals surface area contributed by atoms with Crippen molar-refractivity contribution in [1.29, 1.82) is 0 Å². The number of rotatable bonds is 4. The number of aryl methyl sites for hydroxylation is 3. The second kappa shape index (κ2) is 6.91. The van der Waals surface area contributed by atoms with E-state index in [4.69, 9.17) is 4.74 Å². The summed E-state index contributed by atoms with van der Waals surface area (Å²) < 4.78 is 7.67. The first-order valence-electron chi connectivity index (χ1n) is 7.93. The fourth-order valence-corrected chi connectivity index (χ4v) is 2.88. The summed E-state index contributed by atoms with van der Waals surface area (Å²) in [6, 6.07) is 5.74. The Hall–Kier alpha value is -2.21. The third-order valence-corrected chi connectivity index (χ3v) is 4.17. The van der Waals surface area contributed by atoms with E-state index in [-0.39, 0.29) is 12.0 Å². The number of morpholine rings is 1. The lowest BCUT2D eigenvalue weighted by atomic mass is 10.1. The SMILES string of the molecule is Cc1cc(CCC2CN(C(=O)c3cccn3C)CCO2)ncn1. The fourth-order valence-electron chi connectivity index (χ4n) is 2.88. The smallest absolute Gasteiger partial charge is 0.270 e. The molecule has 1 aliphatic heterocycles. The summed E-state index contributed by atoms with van der Waals surface area (Å²) >= 11 is 0. The zero-order valence-corrected chi connectivity index (χ0v) is 13.6. The Morgan fingerprint density at radius 1 is 1.43 bits per heavy atom. The lowest BCUT2D eigenvalue weighted by Crippen LogP contribution is -2.46. The van der Waals surface area contributed by atoms with Gasteiger partial charge in [0.2, 0.25) is 0 Å². The molecular weight excluding hydrogens is 292 g/mol. The number of ether oxygens (including phenoxy) is 1. The number of carbonyl (C=O) groups is 1. The van der Waals surface area contributed by atoms with Crippen LogP contribution in [-0.2, 0) is 18.2 Å². The molecule has 6 heteroatoms. The molecule has 3 heterocycles. The Morgan fingerprint density at radius 3 is 3.04 bits per heavy atom. The Morgan fingerprint density at radius 2 is 2.30 bits per heavy atom. The van der Waals surface area contributed by atoms with Gasteiger partial charge in [-0.15, -0.1) is 0 Å². The molecule has 0 spiro atoms. The summed E-state index contributed by atoms with van der Waals surface area (Å²) in [6.45, 7) is 3.83. The first kappa shape index (κ1) is 15.7. The van der Waals surface area contributed by atoms with Gasteiger partial charge in [0.25, 0.3) is 5.91 Å². The molecule has 3 rings (SSSR count). The summed E-state index contributed by atoms with van der Waals surface area (Å²) in [5, 5.41) is 0. The number of aromatic nitrogens is 3. The highest BCUT2D eigenvalue weighted by Gasteiger charge is 2.26. The highest BCUT2D eigenvalue weighted by Crippen LogP contribution is 2.15. The van der Waals surface area contributed by atoms with Crippen molar-refractivity contribution in [3.05, 3.63) is 47.8 Å². The fraction of sp³-hybridized carbons (Fsp3) is 0.471. The third-order valence-electron chi connectivity index (χ3n) is 4.17. The normalized spacial score (nSPS) is 18.2. The summed E-state index contributed by atoms with van der Waals surface area (Å²) in [4.78, 5) is 22.8. The van der Waals surface area contributed by atoms with E-state index in [1.807, 2.05) is 47.8 Å². The van der Waals surface area contributed by atoms with Crippen molar-refractivity contribution in [3.63, 3.8) is 0 Å². The largest absolute Gasteiger partial charge is 0.375 e. The minimum absolute atomic E-state index is 0.0586. The Balaban J connectivity index is 1.58.